The minimum Gasteiger partial charge on any atom is -0.550 e. The zero-order chi connectivity index (χ0) is 11.7. The minimum atomic E-state index is -1.56. The maximum atomic E-state index is 9.43. The van der Waals surface area contributed by atoms with Gasteiger partial charge in [0, 0.05) is 0 Å². The summed E-state index contributed by atoms with van der Waals surface area (Å²) in [6.45, 7) is 0. The minimum absolute atomic E-state index is 0. The van der Waals surface area contributed by atoms with Crippen LogP contribution >= 0.6 is 0 Å². The molecule has 0 fully saturated rings. The normalized spacial score (nSPS) is 7.47. The first-order chi connectivity index (χ1) is 6.25. The van der Waals surface area contributed by atoms with Crippen molar-refractivity contribution in [1.82, 2.24) is 0 Å². The summed E-state index contributed by atoms with van der Waals surface area (Å²) in [6.07, 6.45) is -1.72. The Kier molecular flexibility index (Phi) is 14.2. The van der Waals surface area contributed by atoms with Crippen LogP contribution < -0.4 is 34.7 Å². The van der Waals surface area contributed by atoms with Crippen LogP contribution in [0.25, 0.3) is 0 Å². The van der Waals surface area contributed by atoms with Gasteiger partial charge in [0.1, 0.15) is 6.42 Å². The van der Waals surface area contributed by atoms with Gasteiger partial charge in [0.25, 0.3) is 0 Å². The first kappa shape index (κ1) is 19.5. The van der Waals surface area contributed by atoms with Gasteiger partial charge >= 0.3 is 47.5 Å². The van der Waals surface area contributed by atoms with Gasteiger partial charge < -0.3 is 25.2 Å². The van der Waals surface area contributed by atoms with Crippen molar-refractivity contribution in [2.24, 2.45) is 0 Å². The van der Waals surface area contributed by atoms with Crippen LogP contribution in [0.1, 0.15) is 12.8 Å². The molecule has 0 aromatic carbocycles. The number of hydrogen-bond donors (Lipinski definition) is 3. The van der Waals surface area contributed by atoms with Crippen molar-refractivity contribution >= 4 is 23.9 Å². The van der Waals surface area contributed by atoms with Gasteiger partial charge in [0.05, 0.1) is 12.4 Å². The largest absolute Gasteiger partial charge is 1.00 e. The molecule has 0 saturated heterocycles. The number of carboxylic acid groups (broad SMARTS) is 4. The van der Waals surface area contributed by atoms with Crippen LogP contribution in [0.15, 0.2) is 0 Å². The molecule has 0 saturated carbocycles. The Hall–Kier alpha value is -1.12. The van der Waals surface area contributed by atoms with E-state index < -0.39 is 36.7 Å². The first-order valence-corrected chi connectivity index (χ1v) is 3.11. The zero-order valence-corrected chi connectivity index (χ0v) is 9.80. The van der Waals surface area contributed by atoms with E-state index in [-0.39, 0.29) is 29.6 Å². The van der Waals surface area contributed by atoms with Gasteiger partial charge in [-0.3, -0.25) is 14.4 Å². The fraction of sp³-hybridized carbons (Fsp3) is 0.333. The van der Waals surface area contributed by atoms with Crippen molar-refractivity contribution in [3.05, 3.63) is 0 Å². The van der Waals surface area contributed by atoms with Gasteiger partial charge in [-0.15, -0.1) is 0 Å². The van der Waals surface area contributed by atoms with Crippen LogP contribution in [0.4, 0.5) is 0 Å². The van der Waals surface area contributed by atoms with Crippen LogP contribution in [0.2, 0.25) is 0 Å². The van der Waals surface area contributed by atoms with E-state index in [4.69, 9.17) is 15.3 Å². The summed E-state index contributed by atoms with van der Waals surface area (Å²) in [7, 11) is 0. The number of carbonyl (C=O) groups excluding carboxylic acids is 1. The van der Waals surface area contributed by atoms with Crippen LogP contribution in [0.5, 0.6) is 0 Å². The number of rotatable bonds is 4. The molecule has 0 heterocycles. The summed E-state index contributed by atoms with van der Waals surface area (Å²) in [6, 6.07) is 0. The second-order valence-corrected chi connectivity index (χ2v) is 1.91. The average molecular weight is 230 g/mol. The number of hydrogen-bond acceptors (Lipinski definition) is 5. The van der Waals surface area contributed by atoms with Crippen LogP contribution in [-0.2, 0) is 19.2 Å². The van der Waals surface area contributed by atoms with Crippen molar-refractivity contribution in [3.63, 3.8) is 0 Å². The standard InChI is InChI=1S/2C3H4O4.Na/c2*4-2(5)1-3(6)7;/h2*1H2,(H,4,5)(H,6,7);/q;;+1/p-1. The van der Waals surface area contributed by atoms with E-state index in [0.29, 0.717) is 0 Å². The molecule has 0 aromatic heterocycles. The molecule has 0 rings (SSSR count). The van der Waals surface area contributed by atoms with Gasteiger partial charge in [0.15, 0.2) is 0 Å². The van der Waals surface area contributed by atoms with E-state index >= 15 is 0 Å². The fourth-order valence-corrected chi connectivity index (χ4v) is 0.253. The first-order valence-electron chi connectivity index (χ1n) is 3.11. The summed E-state index contributed by atoms with van der Waals surface area (Å²) < 4.78 is 0. The number of carboxylic acids is 4. The molecule has 0 aromatic rings. The average Bonchev–Trinajstić information content (AvgIpc) is 1.79. The van der Waals surface area contributed by atoms with E-state index in [1.54, 1.807) is 0 Å². The molecule has 15 heavy (non-hydrogen) atoms. The van der Waals surface area contributed by atoms with Gasteiger partial charge in [-0.2, -0.15) is 0 Å². The van der Waals surface area contributed by atoms with Crippen molar-refractivity contribution < 1.29 is 69.2 Å². The smallest absolute Gasteiger partial charge is 0.550 e. The van der Waals surface area contributed by atoms with Crippen LogP contribution in [0.3, 0.4) is 0 Å². The predicted molar refractivity (Wildman–Crippen MR) is 37.1 cm³/mol. The van der Waals surface area contributed by atoms with Gasteiger partial charge in [-0.25, -0.2) is 0 Å². The summed E-state index contributed by atoms with van der Waals surface area (Å²) >= 11 is 0. The predicted octanol–water partition coefficient (Wildman–Crippen LogP) is -5.24. The molecule has 0 atom stereocenters. The maximum absolute atomic E-state index is 9.43. The van der Waals surface area contributed by atoms with E-state index in [1.165, 1.54) is 0 Å². The van der Waals surface area contributed by atoms with E-state index in [1.807, 2.05) is 0 Å². The zero-order valence-electron chi connectivity index (χ0n) is 7.80. The van der Waals surface area contributed by atoms with E-state index in [9.17, 15) is 24.3 Å². The van der Waals surface area contributed by atoms with E-state index in [0.717, 1.165) is 0 Å². The van der Waals surface area contributed by atoms with Gasteiger partial charge in [0.2, 0.25) is 0 Å². The van der Waals surface area contributed by atoms with Crippen LogP contribution in [0, 0.1) is 0 Å². The van der Waals surface area contributed by atoms with Crippen molar-refractivity contribution in [2.75, 3.05) is 0 Å². The Morgan fingerprint density at radius 1 is 0.800 bits per heavy atom. The molecule has 0 bridgehead atoms. The maximum Gasteiger partial charge on any atom is 1.00 e. The molecule has 0 aliphatic rings. The Morgan fingerprint density at radius 2 is 1.07 bits per heavy atom. The molecule has 0 unspecified atom stereocenters. The quantitative estimate of drug-likeness (QED) is 0.320. The van der Waals surface area contributed by atoms with Crippen LogP contribution in [-0.4, -0.2) is 39.2 Å². The van der Waals surface area contributed by atoms with Crippen molar-refractivity contribution in [3.8, 4) is 0 Å². The molecule has 0 spiro atoms. The SMILES string of the molecule is O=C(O)CC(=O)O.O=C([O-])CC(=O)O.[Na+]. The molecule has 3 N–H and O–H groups in total. The molecule has 80 valence electrons. The summed E-state index contributed by atoms with van der Waals surface area (Å²) in [4.78, 5) is 37.6. The Labute approximate surface area is 106 Å². The second-order valence-electron chi connectivity index (χ2n) is 1.91. The third kappa shape index (κ3) is 32.2. The molecule has 0 aliphatic carbocycles. The third-order valence-electron chi connectivity index (χ3n) is 0.598. The Morgan fingerprint density at radius 3 is 1.07 bits per heavy atom. The Balaban J connectivity index is -0.000000180. The van der Waals surface area contributed by atoms with Gasteiger partial charge in [-0.1, -0.05) is 0 Å². The molecule has 0 aliphatic heterocycles. The molecule has 0 amide bonds. The van der Waals surface area contributed by atoms with Crippen molar-refractivity contribution in [1.29, 1.82) is 0 Å². The number of carbonyl (C=O) groups is 4. The molecular formula is C6H7NaO8. The summed E-state index contributed by atoms with van der Waals surface area (Å²) in [5.74, 6) is -5.56. The molecular weight excluding hydrogens is 223 g/mol. The topological polar surface area (TPSA) is 152 Å². The summed E-state index contributed by atoms with van der Waals surface area (Å²) in [5, 5.41) is 32.4. The van der Waals surface area contributed by atoms with E-state index in [2.05, 4.69) is 0 Å². The third-order valence-corrected chi connectivity index (χ3v) is 0.598. The molecule has 8 nitrogen and oxygen atoms in total. The molecule has 9 heteroatoms. The second kappa shape index (κ2) is 11.0. The fourth-order valence-electron chi connectivity index (χ4n) is 0.253. The summed E-state index contributed by atoms with van der Waals surface area (Å²) in [5.41, 5.74) is 0. The van der Waals surface area contributed by atoms with Gasteiger partial charge in [-0.05, 0) is 0 Å². The molecule has 0 radical (unpaired) electrons. The number of aliphatic carboxylic acids is 4. The Bertz CT molecular complexity index is 198. The monoisotopic (exact) mass is 230 g/mol. The van der Waals surface area contributed by atoms with Crippen molar-refractivity contribution in [2.45, 2.75) is 12.8 Å².